The quantitative estimate of drug-likeness (QED) is 0.590. The highest BCUT2D eigenvalue weighted by atomic mass is 16.5. The molecule has 0 saturated heterocycles. The molecular formula is C17H32O4. The lowest BCUT2D eigenvalue weighted by atomic mass is 9.83. The molecule has 4 nitrogen and oxygen atoms in total. The van der Waals surface area contributed by atoms with Gasteiger partial charge in [-0.05, 0) is 36.5 Å². The third-order valence-corrected chi connectivity index (χ3v) is 3.78. The molecule has 0 aromatic carbocycles. The van der Waals surface area contributed by atoms with Crippen LogP contribution in [0.5, 0.6) is 0 Å². The van der Waals surface area contributed by atoms with Crippen molar-refractivity contribution in [1.29, 1.82) is 0 Å². The Bertz CT molecular complexity index is 332. The lowest BCUT2D eigenvalue weighted by molar-refractivity contribution is -0.139. The minimum absolute atomic E-state index is 0.124. The van der Waals surface area contributed by atoms with Crippen molar-refractivity contribution in [3.63, 3.8) is 0 Å². The van der Waals surface area contributed by atoms with Crippen LogP contribution in [0.25, 0.3) is 0 Å². The van der Waals surface area contributed by atoms with E-state index in [2.05, 4.69) is 13.8 Å². The number of rotatable bonds is 12. The third kappa shape index (κ3) is 11.4. The van der Waals surface area contributed by atoms with E-state index in [9.17, 15) is 9.59 Å². The molecule has 4 heteroatoms. The van der Waals surface area contributed by atoms with Gasteiger partial charge in [-0.25, -0.2) is 0 Å². The number of aliphatic carboxylic acids is 1. The number of methoxy groups -OCH3 is 1. The van der Waals surface area contributed by atoms with Crippen molar-refractivity contribution in [1.82, 2.24) is 0 Å². The maximum Gasteiger partial charge on any atom is 0.303 e. The zero-order valence-electron chi connectivity index (χ0n) is 14.3. The van der Waals surface area contributed by atoms with E-state index in [1.165, 1.54) is 0 Å². The number of carbonyl (C=O) groups excluding carboxylic acids is 1. The first kappa shape index (κ1) is 20.1. The Morgan fingerprint density at radius 3 is 1.86 bits per heavy atom. The average Bonchev–Trinajstić information content (AvgIpc) is 2.25. The first-order valence-electron chi connectivity index (χ1n) is 7.80. The molecule has 0 atom stereocenters. The molecule has 0 aliphatic carbocycles. The third-order valence-electron chi connectivity index (χ3n) is 3.78. The molecule has 0 bridgehead atoms. The summed E-state index contributed by atoms with van der Waals surface area (Å²) in [5.41, 5.74) is -0.106. The molecule has 0 saturated carbocycles. The molecule has 0 unspecified atom stereocenters. The molecule has 124 valence electrons. The van der Waals surface area contributed by atoms with Crippen LogP contribution >= 0.6 is 0 Å². The summed E-state index contributed by atoms with van der Waals surface area (Å²) < 4.78 is 5.17. The smallest absolute Gasteiger partial charge is 0.303 e. The van der Waals surface area contributed by atoms with Crippen LogP contribution in [0.3, 0.4) is 0 Å². The minimum atomic E-state index is -0.772. The van der Waals surface area contributed by atoms with Gasteiger partial charge < -0.3 is 9.84 Å². The molecule has 0 aliphatic rings. The summed E-state index contributed by atoms with van der Waals surface area (Å²) >= 11 is 0. The molecule has 0 heterocycles. The highest BCUT2D eigenvalue weighted by Crippen LogP contribution is 2.28. The van der Waals surface area contributed by atoms with Crippen molar-refractivity contribution in [3.05, 3.63) is 0 Å². The predicted octanol–water partition coefficient (Wildman–Crippen LogP) is 4.07. The molecule has 21 heavy (non-hydrogen) atoms. The van der Waals surface area contributed by atoms with Crippen molar-refractivity contribution < 1.29 is 19.4 Å². The van der Waals surface area contributed by atoms with Gasteiger partial charge >= 0.3 is 5.97 Å². The van der Waals surface area contributed by atoms with Gasteiger partial charge in [0.1, 0.15) is 5.78 Å². The Morgan fingerprint density at radius 2 is 1.43 bits per heavy atom. The summed E-state index contributed by atoms with van der Waals surface area (Å²) in [6.07, 6.45) is 4.78. The van der Waals surface area contributed by atoms with Crippen LogP contribution < -0.4 is 0 Å². The summed E-state index contributed by atoms with van der Waals surface area (Å²) in [4.78, 5) is 22.6. The van der Waals surface area contributed by atoms with Gasteiger partial charge in [-0.2, -0.15) is 0 Å². The van der Waals surface area contributed by atoms with Crippen molar-refractivity contribution in [2.45, 2.75) is 72.6 Å². The highest BCUT2D eigenvalue weighted by molar-refractivity contribution is 5.78. The Labute approximate surface area is 129 Å². The molecule has 0 radical (unpaired) electrons. The molecule has 0 amide bonds. The largest absolute Gasteiger partial charge is 0.481 e. The summed E-state index contributed by atoms with van der Waals surface area (Å²) in [6.45, 7) is 8.90. The van der Waals surface area contributed by atoms with Crippen LogP contribution in [0.2, 0.25) is 0 Å². The fourth-order valence-electron chi connectivity index (χ4n) is 2.61. The fourth-order valence-corrected chi connectivity index (χ4v) is 2.61. The Morgan fingerprint density at radius 1 is 0.952 bits per heavy atom. The Hall–Kier alpha value is -0.900. The lowest BCUT2D eigenvalue weighted by Crippen LogP contribution is -2.19. The highest BCUT2D eigenvalue weighted by Gasteiger charge is 2.22. The van der Waals surface area contributed by atoms with Gasteiger partial charge in [0.2, 0.25) is 0 Å². The fraction of sp³-hybridized carbons (Fsp3) is 0.882. The first-order chi connectivity index (χ1) is 9.58. The normalized spacial score (nSPS) is 12.4. The standard InChI is InChI=1S/C17H32O4/c1-16(2,12-15(19)20)10-6-8-14(18)9-7-11-17(3,4)13-21-5/h6-13H2,1-5H3,(H,19,20). The molecular weight excluding hydrogens is 268 g/mol. The number of hydrogen-bond acceptors (Lipinski definition) is 3. The number of Topliss-reactive ketones (excluding diaryl/α,β-unsaturated/α-hetero) is 1. The summed E-state index contributed by atoms with van der Waals surface area (Å²) in [5.74, 6) is -0.485. The maximum atomic E-state index is 11.8. The van der Waals surface area contributed by atoms with E-state index in [0.717, 1.165) is 25.7 Å². The zero-order valence-corrected chi connectivity index (χ0v) is 14.3. The van der Waals surface area contributed by atoms with Crippen LogP contribution in [-0.2, 0) is 14.3 Å². The average molecular weight is 300 g/mol. The predicted molar refractivity (Wildman–Crippen MR) is 84.4 cm³/mol. The number of carboxylic acid groups (broad SMARTS) is 1. The summed E-state index contributed by atoms with van der Waals surface area (Å²) in [7, 11) is 1.70. The molecule has 0 spiro atoms. The summed E-state index contributed by atoms with van der Waals surface area (Å²) in [6, 6.07) is 0. The van der Waals surface area contributed by atoms with E-state index < -0.39 is 5.97 Å². The van der Waals surface area contributed by atoms with Gasteiger partial charge in [0.25, 0.3) is 0 Å². The van der Waals surface area contributed by atoms with Crippen LogP contribution in [-0.4, -0.2) is 30.6 Å². The van der Waals surface area contributed by atoms with Crippen LogP contribution in [0, 0.1) is 10.8 Å². The van der Waals surface area contributed by atoms with E-state index in [0.29, 0.717) is 19.4 Å². The molecule has 0 rings (SSSR count). The van der Waals surface area contributed by atoms with Crippen molar-refractivity contribution in [3.8, 4) is 0 Å². The zero-order chi connectivity index (χ0) is 16.5. The molecule has 0 aliphatic heterocycles. The van der Waals surface area contributed by atoms with Crippen molar-refractivity contribution in [2.75, 3.05) is 13.7 Å². The Balaban J connectivity index is 3.84. The number of ether oxygens (including phenoxy) is 1. The van der Waals surface area contributed by atoms with Gasteiger partial charge in [0, 0.05) is 20.0 Å². The number of hydrogen-bond donors (Lipinski definition) is 1. The second-order valence-electron chi connectivity index (χ2n) is 7.58. The van der Waals surface area contributed by atoms with E-state index >= 15 is 0 Å². The topological polar surface area (TPSA) is 63.6 Å². The van der Waals surface area contributed by atoms with E-state index in [1.807, 2.05) is 13.8 Å². The van der Waals surface area contributed by atoms with Crippen LogP contribution in [0.15, 0.2) is 0 Å². The van der Waals surface area contributed by atoms with Crippen molar-refractivity contribution in [2.24, 2.45) is 10.8 Å². The number of carbonyl (C=O) groups is 2. The molecule has 0 aromatic rings. The SMILES string of the molecule is COCC(C)(C)CCCC(=O)CCCC(C)(C)CC(=O)O. The van der Waals surface area contributed by atoms with Gasteiger partial charge in [-0.15, -0.1) is 0 Å². The minimum Gasteiger partial charge on any atom is -0.481 e. The van der Waals surface area contributed by atoms with Crippen molar-refractivity contribution >= 4 is 11.8 Å². The first-order valence-corrected chi connectivity index (χ1v) is 7.80. The van der Waals surface area contributed by atoms with Gasteiger partial charge in [-0.1, -0.05) is 27.7 Å². The Kier molecular flexibility index (Phi) is 8.79. The monoisotopic (exact) mass is 300 g/mol. The van der Waals surface area contributed by atoms with Crippen LogP contribution in [0.4, 0.5) is 0 Å². The summed E-state index contributed by atoms with van der Waals surface area (Å²) in [5, 5.41) is 8.82. The second kappa shape index (κ2) is 9.19. The van der Waals surface area contributed by atoms with Crippen LogP contribution in [0.1, 0.15) is 72.6 Å². The molecule has 0 fully saturated rings. The number of ketones is 1. The maximum absolute atomic E-state index is 11.8. The van der Waals surface area contributed by atoms with E-state index in [1.54, 1.807) is 7.11 Å². The lowest BCUT2D eigenvalue weighted by Gasteiger charge is -2.23. The van der Waals surface area contributed by atoms with E-state index in [4.69, 9.17) is 9.84 Å². The van der Waals surface area contributed by atoms with Gasteiger partial charge in [0.15, 0.2) is 0 Å². The van der Waals surface area contributed by atoms with Gasteiger partial charge in [0.05, 0.1) is 13.0 Å². The molecule has 0 aromatic heterocycles. The van der Waals surface area contributed by atoms with E-state index in [-0.39, 0.29) is 23.0 Å². The van der Waals surface area contributed by atoms with Gasteiger partial charge in [-0.3, -0.25) is 9.59 Å². The number of carboxylic acids is 1. The molecule has 1 N–H and O–H groups in total. The second-order valence-corrected chi connectivity index (χ2v) is 7.58.